The van der Waals surface area contributed by atoms with Gasteiger partial charge in [0.15, 0.2) is 5.65 Å². The standard InChI is InChI=1S/C27H14FN4O.C11H8N.Ir/c28-20-15-14-19(25-23(20)18-11-5-7-13-22(18)33-25)26-29-24-17-10-4-6-12-21(17)30-31-27(24)32(26)16-8-2-1-3-9-16;1-2-6-10(7-3-1)11-8-4-5-9-12-11;/h1-13,15H;1-6,8-9H;/q2*-1;. The summed E-state index contributed by atoms with van der Waals surface area (Å²) in [6, 6.07) is 46.2. The maximum Gasteiger partial charge on any atom is 0.178 e. The zero-order valence-corrected chi connectivity index (χ0v) is 26.5. The average molecular weight is 776 g/mol. The summed E-state index contributed by atoms with van der Waals surface area (Å²) < 4.78 is 23.0. The molecule has 5 aromatic carbocycles. The maximum absolute atomic E-state index is 14.9. The Morgan fingerprint density at radius 1 is 0.717 bits per heavy atom. The van der Waals surface area contributed by atoms with Crippen LogP contribution in [0.15, 0.2) is 138 Å². The van der Waals surface area contributed by atoms with Crippen LogP contribution in [0.25, 0.3) is 72.3 Å². The zero-order chi connectivity index (χ0) is 30.2. The molecular formula is C38H22FIrN5O-2. The van der Waals surface area contributed by atoms with Crippen molar-refractivity contribution >= 4 is 44.0 Å². The number of furan rings is 1. The van der Waals surface area contributed by atoms with Crippen LogP contribution in [-0.4, -0.2) is 24.7 Å². The summed E-state index contributed by atoms with van der Waals surface area (Å²) in [5.41, 5.74) is 6.52. The van der Waals surface area contributed by atoms with Crippen LogP contribution in [0.2, 0.25) is 0 Å². The van der Waals surface area contributed by atoms with E-state index in [1.165, 1.54) is 6.07 Å². The first-order chi connectivity index (χ1) is 22.3. The molecule has 4 aromatic heterocycles. The molecule has 0 fully saturated rings. The number of imidazole rings is 1. The van der Waals surface area contributed by atoms with Crippen molar-refractivity contribution in [2.45, 2.75) is 0 Å². The van der Waals surface area contributed by atoms with Gasteiger partial charge in [-0.1, -0.05) is 72.3 Å². The van der Waals surface area contributed by atoms with Gasteiger partial charge in [-0.25, -0.2) is 0 Å². The van der Waals surface area contributed by atoms with Gasteiger partial charge in [-0.05, 0) is 41.4 Å². The third kappa shape index (κ3) is 5.13. The largest absolute Gasteiger partial charge is 0.500 e. The summed E-state index contributed by atoms with van der Waals surface area (Å²) in [7, 11) is 0. The van der Waals surface area contributed by atoms with E-state index in [1.807, 2.05) is 126 Å². The molecule has 0 aliphatic rings. The van der Waals surface area contributed by atoms with Crippen molar-refractivity contribution < 1.29 is 28.9 Å². The van der Waals surface area contributed by atoms with Crippen molar-refractivity contribution in [2.75, 3.05) is 0 Å². The molecule has 0 atom stereocenters. The number of halogens is 1. The van der Waals surface area contributed by atoms with E-state index >= 15 is 0 Å². The van der Waals surface area contributed by atoms with E-state index in [9.17, 15) is 4.39 Å². The van der Waals surface area contributed by atoms with Crippen LogP contribution in [0.4, 0.5) is 4.39 Å². The molecule has 0 unspecified atom stereocenters. The first-order valence-corrected chi connectivity index (χ1v) is 14.4. The number of nitrogens with zero attached hydrogens (tertiary/aromatic N) is 5. The maximum atomic E-state index is 14.9. The van der Waals surface area contributed by atoms with Crippen LogP contribution in [0.3, 0.4) is 0 Å². The summed E-state index contributed by atoms with van der Waals surface area (Å²) in [5, 5.41) is 10.9. The Labute approximate surface area is 276 Å². The van der Waals surface area contributed by atoms with Crippen LogP contribution >= 0.6 is 0 Å². The van der Waals surface area contributed by atoms with Crippen molar-refractivity contribution in [3.05, 3.63) is 152 Å². The minimum absolute atomic E-state index is 0. The van der Waals surface area contributed by atoms with Gasteiger partial charge in [-0.3, -0.25) is 9.37 Å². The molecule has 0 bridgehead atoms. The van der Waals surface area contributed by atoms with Crippen LogP contribution in [0, 0.1) is 17.9 Å². The molecule has 0 aliphatic heterocycles. The van der Waals surface area contributed by atoms with Gasteiger partial charge in [0.1, 0.15) is 11.1 Å². The molecule has 0 saturated carbocycles. The number of hydrogen-bond acceptors (Lipinski definition) is 5. The molecule has 8 heteroatoms. The van der Waals surface area contributed by atoms with Crippen molar-refractivity contribution in [3.63, 3.8) is 0 Å². The Hall–Kier alpha value is -5.56. The van der Waals surface area contributed by atoms with Crippen LogP contribution in [0.1, 0.15) is 0 Å². The number of rotatable bonds is 3. The predicted molar refractivity (Wildman–Crippen MR) is 174 cm³/mol. The molecule has 0 spiro atoms. The summed E-state index contributed by atoms with van der Waals surface area (Å²) in [5.74, 6) is 0.178. The topological polar surface area (TPSA) is 69.6 Å². The van der Waals surface area contributed by atoms with Crippen LogP contribution in [-0.2, 0) is 20.1 Å². The molecule has 9 rings (SSSR count). The molecule has 1 radical (unpaired) electrons. The van der Waals surface area contributed by atoms with Crippen LogP contribution < -0.4 is 0 Å². The number of para-hydroxylation sites is 2. The Morgan fingerprint density at radius 2 is 1.48 bits per heavy atom. The second kappa shape index (κ2) is 12.4. The molecule has 4 heterocycles. The summed E-state index contributed by atoms with van der Waals surface area (Å²) >= 11 is 0. The van der Waals surface area contributed by atoms with Gasteiger partial charge in [-0.15, -0.1) is 58.2 Å². The molecule has 9 aromatic rings. The molecule has 0 aliphatic carbocycles. The fourth-order valence-electron chi connectivity index (χ4n) is 5.51. The molecule has 0 amide bonds. The van der Waals surface area contributed by atoms with E-state index in [0.29, 0.717) is 44.5 Å². The first-order valence-electron chi connectivity index (χ1n) is 14.4. The monoisotopic (exact) mass is 776 g/mol. The smallest absolute Gasteiger partial charge is 0.178 e. The normalized spacial score (nSPS) is 11.0. The Bertz CT molecular complexity index is 2410. The number of fused-ring (bicyclic) bond motifs is 6. The molecule has 6 nitrogen and oxygen atoms in total. The predicted octanol–water partition coefficient (Wildman–Crippen LogP) is 9.02. The molecule has 46 heavy (non-hydrogen) atoms. The summed E-state index contributed by atoms with van der Waals surface area (Å²) in [6.07, 6.45) is 1.79. The van der Waals surface area contributed by atoms with Crippen LogP contribution in [0.5, 0.6) is 0 Å². The Morgan fingerprint density at radius 3 is 2.28 bits per heavy atom. The minimum Gasteiger partial charge on any atom is -0.500 e. The van der Waals surface area contributed by atoms with Gasteiger partial charge < -0.3 is 14.0 Å². The van der Waals surface area contributed by atoms with Crippen molar-refractivity contribution in [2.24, 2.45) is 0 Å². The van der Waals surface area contributed by atoms with Gasteiger partial charge in [0.25, 0.3) is 0 Å². The zero-order valence-electron chi connectivity index (χ0n) is 24.1. The number of aromatic nitrogens is 5. The Balaban J connectivity index is 0.000000220. The van der Waals surface area contributed by atoms with E-state index in [2.05, 4.69) is 27.3 Å². The van der Waals surface area contributed by atoms with Gasteiger partial charge in [0.05, 0.1) is 16.9 Å². The molecular weight excluding hydrogens is 754 g/mol. The average Bonchev–Trinajstić information content (AvgIpc) is 3.70. The fourth-order valence-corrected chi connectivity index (χ4v) is 5.51. The van der Waals surface area contributed by atoms with E-state index in [0.717, 1.165) is 27.8 Å². The quantitative estimate of drug-likeness (QED) is 0.168. The molecule has 0 N–H and O–H groups in total. The van der Waals surface area contributed by atoms with E-state index in [-0.39, 0.29) is 25.9 Å². The number of benzene rings is 5. The molecule has 0 saturated heterocycles. The first kappa shape index (κ1) is 29.2. The Kier molecular flexibility index (Phi) is 7.89. The minimum atomic E-state index is -0.383. The third-order valence-electron chi connectivity index (χ3n) is 7.56. The SMILES string of the molecule is Fc1c[c-]c(-c2nc3c4ccccc4nnc3n2-c2ccccc2)c2oc3ccccc3c12.[Ir].[c-]1ccccc1-c1ccccn1. The van der Waals surface area contributed by atoms with Gasteiger partial charge >= 0.3 is 0 Å². The summed E-state index contributed by atoms with van der Waals surface area (Å²) in [6.45, 7) is 0. The third-order valence-corrected chi connectivity index (χ3v) is 7.56. The second-order valence-electron chi connectivity index (χ2n) is 10.3. The second-order valence-corrected chi connectivity index (χ2v) is 10.3. The van der Waals surface area contributed by atoms with E-state index in [4.69, 9.17) is 9.40 Å². The summed E-state index contributed by atoms with van der Waals surface area (Å²) in [4.78, 5) is 9.20. The van der Waals surface area contributed by atoms with Crippen molar-refractivity contribution in [1.82, 2.24) is 24.7 Å². The number of pyridine rings is 1. The number of hydrogen-bond donors (Lipinski definition) is 0. The van der Waals surface area contributed by atoms with E-state index < -0.39 is 0 Å². The van der Waals surface area contributed by atoms with Crippen molar-refractivity contribution in [3.8, 4) is 28.3 Å². The van der Waals surface area contributed by atoms with Gasteiger partial charge in [-0.2, -0.15) is 0 Å². The van der Waals surface area contributed by atoms with Gasteiger partial charge in [0, 0.05) is 48.6 Å². The van der Waals surface area contributed by atoms with Gasteiger partial charge in [0.2, 0.25) is 0 Å². The van der Waals surface area contributed by atoms with E-state index in [1.54, 1.807) is 6.20 Å². The van der Waals surface area contributed by atoms with Crippen molar-refractivity contribution in [1.29, 1.82) is 0 Å². The fraction of sp³-hybridized carbons (Fsp3) is 0. The molecule has 223 valence electrons.